The van der Waals surface area contributed by atoms with Crippen molar-refractivity contribution >= 4 is 30.4 Å². The summed E-state index contributed by atoms with van der Waals surface area (Å²) >= 11 is 0. The van der Waals surface area contributed by atoms with Crippen LogP contribution in [0.2, 0.25) is 0 Å². The zero-order chi connectivity index (χ0) is 23.3. The maximum atomic E-state index is 9.75. The lowest BCUT2D eigenvalue weighted by Crippen LogP contribution is -2.33. The molecule has 0 heterocycles. The number of rotatable bonds is 10. The molecule has 0 aliphatic carbocycles. The average molecular weight is 462 g/mol. The molecule has 0 saturated carbocycles. The van der Waals surface area contributed by atoms with Crippen molar-refractivity contribution < 1.29 is 17.3 Å². The van der Waals surface area contributed by atoms with Crippen molar-refractivity contribution in [3.63, 3.8) is 0 Å². The van der Waals surface area contributed by atoms with Crippen LogP contribution in [-0.2, 0) is 0 Å². The lowest BCUT2D eigenvalue weighted by Gasteiger charge is -2.27. The Morgan fingerprint density at radius 3 is 1.19 bits per heavy atom. The fourth-order valence-corrected chi connectivity index (χ4v) is 8.42. The van der Waals surface area contributed by atoms with Crippen molar-refractivity contribution in [1.82, 2.24) is 0 Å². The first-order valence-electron chi connectivity index (χ1n) is 11.3. The zero-order valence-corrected chi connectivity index (χ0v) is 19.5. The van der Waals surface area contributed by atoms with Crippen LogP contribution in [0.1, 0.15) is 45.4 Å². The largest absolute Gasteiger partial charge is 0.673 e. The van der Waals surface area contributed by atoms with Crippen LogP contribution in [0.4, 0.5) is 17.3 Å². The predicted molar refractivity (Wildman–Crippen MR) is 134 cm³/mol. The quantitative estimate of drug-likeness (QED) is 0.126. The second-order valence-electron chi connectivity index (χ2n) is 7.80. The Kier molecular flexibility index (Phi) is 11.0. The third kappa shape index (κ3) is 8.43. The fourth-order valence-electron chi connectivity index (χ4n) is 4.01. The standard InChI is InChI=1S/C26H32P.BF4/c1-2-3-4-5-6-16-23-27(24-17-10-7-11-18-24,25-19-12-8-13-20-25)26-21-14-9-15-22-26;2-1(3,4)5/h7-15,17-22H,2-6,16,23H2,1H3;/q+1;-1. The highest BCUT2D eigenvalue weighted by Gasteiger charge is 2.44. The van der Waals surface area contributed by atoms with Gasteiger partial charge in [-0.1, -0.05) is 87.2 Å². The minimum absolute atomic E-state index is 1.26. The van der Waals surface area contributed by atoms with Crippen molar-refractivity contribution in [2.45, 2.75) is 45.4 Å². The highest BCUT2D eigenvalue weighted by atomic mass is 31.2. The first-order chi connectivity index (χ1) is 15.4. The Balaban J connectivity index is 0.000000654. The van der Waals surface area contributed by atoms with Gasteiger partial charge in [-0.15, -0.1) is 0 Å². The first-order valence-corrected chi connectivity index (χ1v) is 13.3. The van der Waals surface area contributed by atoms with Gasteiger partial charge in [0.05, 0.1) is 6.16 Å². The SMILES string of the molecule is CCCCCCCC[P+](c1ccccc1)(c1ccccc1)c1ccccc1.F[B-](F)(F)F. The van der Waals surface area contributed by atoms with E-state index in [1.54, 1.807) is 0 Å². The molecule has 0 unspecified atom stereocenters. The molecular formula is C26H32BF4P. The Bertz CT molecular complexity index is 768. The Labute approximate surface area is 190 Å². The molecule has 0 N–H and O–H groups in total. The van der Waals surface area contributed by atoms with Gasteiger partial charge in [0.2, 0.25) is 0 Å². The van der Waals surface area contributed by atoms with Crippen molar-refractivity contribution in [1.29, 1.82) is 0 Å². The number of benzene rings is 3. The summed E-state index contributed by atoms with van der Waals surface area (Å²) in [5.41, 5.74) is 0. The second kappa shape index (κ2) is 13.4. The summed E-state index contributed by atoms with van der Waals surface area (Å²) in [6.07, 6.45) is 9.34. The molecule has 32 heavy (non-hydrogen) atoms. The summed E-state index contributed by atoms with van der Waals surface area (Å²) in [7, 11) is -7.61. The van der Waals surface area contributed by atoms with E-state index in [0.29, 0.717) is 0 Å². The van der Waals surface area contributed by atoms with Gasteiger partial charge in [0.25, 0.3) is 0 Å². The molecule has 0 fully saturated rings. The van der Waals surface area contributed by atoms with Crippen LogP contribution in [0.5, 0.6) is 0 Å². The lowest BCUT2D eigenvalue weighted by molar-refractivity contribution is 0.368. The summed E-state index contributed by atoms with van der Waals surface area (Å²) in [6, 6.07) is 33.8. The average Bonchev–Trinajstić information content (AvgIpc) is 2.80. The van der Waals surface area contributed by atoms with Crippen LogP contribution in [0, 0.1) is 0 Å². The van der Waals surface area contributed by atoms with Gasteiger partial charge in [0.1, 0.15) is 23.2 Å². The molecule has 0 amide bonds. The van der Waals surface area contributed by atoms with Gasteiger partial charge >= 0.3 is 7.25 Å². The molecule has 0 aliphatic rings. The molecule has 0 bridgehead atoms. The summed E-state index contributed by atoms with van der Waals surface area (Å²) in [6.45, 7) is 2.29. The molecule has 0 aliphatic heterocycles. The third-order valence-corrected chi connectivity index (χ3v) is 9.96. The van der Waals surface area contributed by atoms with Gasteiger partial charge in [-0.3, -0.25) is 0 Å². The molecular weight excluding hydrogens is 430 g/mol. The van der Waals surface area contributed by atoms with Gasteiger partial charge in [0.15, 0.2) is 0 Å². The van der Waals surface area contributed by atoms with E-state index in [0.717, 1.165) is 0 Å². The number of unbranched alkanes of at least 4 members (excludes halogenated alkanes) is 5. The van der Waals surface area contributed by atoms with Gasteiger partial charge < -0.3 is 17.3 Å². The highest BCUT2D eigenvalue weighted by Crippen LogP contribution is 2.55. The third-order valence-electron chi connectivity index (χ3n) is 5.44. The molecule has 0 nitrogen and oxygen atoms in total. The maximum absolute atomic E-state index is 9.75. The van der Waals surface area contributed by atoms with E-state index in [2.05, 4.69) is 97.9 Å². The minimum Gasteiger partial charge on any atom is -0.418 e. The number of halogens is 4. The van der Waals surface area contributed by atoms with Crippen molar-refractivity contribution in [2.75, 3.05) is 6.16 Å². The van der Waals surface area contributed by atoms with Crippen LogP contribution in [0.25, 0.3) is 0 Å². The fraction of sp³-hybridized carbons (Fsp3) is 0.308. The first kappa shape index (κ1) is 26.1. The Hall–Kier alpha value is -2.13. The molecule has 3 aromatic rings. The van der Waals surface area contributed by atoms with E-state index in [1.807, 2.05) is 0 Å². The molecule has 0 saturated heterocycles. The summed E-state index contributed by atoms with van der Waals surface area (Å²) in [5, 5.41) is 4.53. The number of hydrogen-bond acceptors (Lipinski definition) is 0. The van der Waals surface area contributed by atoms with E-state index >= 15 is 0 Å². The number of hydrogen-bond donors (Lipinski definition) is 0. The van der Waals surface area contributed by atoms with Crippen LogP contribution in [0.3, 0.4) is 0 Å². The molecule has 0 atom stereocenters. The summed E-state index contributed by atoms with van der Waals surface area (Å²) < 4.78 is 39.0. The highest BCUT2D eigenvalue weighted by molar-refractivity contribution is 7.95. The molecule has 172 valence electrons. The van der Waals surface area contributed by atoms with Crippen molar-refractivity contribution in [3.05, 3.63) is 91.0 Å². The Morgan fingerprint density at radius 1 is 0.531 bits per heavy atom. The van der Waals surface area contributed by atoms with Crippen LogP contribution in [0.15, 0.2) is 91.0 Å². The van der Waals surface area contributed by atoms with Crippen LogP contribution in [-0.4, -0.2) is 13.4 Å². The lowest BCUT2D eigenvalue weighted by atomic mass is 10.1. The zero-order valence-electron chi connectivity index (χ0n) is 18.6. The topological polar surface area (TPSA) is 0 Å². The predicted octanol–water partition coefficient (Wildman–Crippen LogP) is 7.64. The normalized spacial score (nSPS) is 11.5. The molecule has 6 heteroatoms. The van der Waals surface area contributed by atoms with Crippen LogP contribution >= 0.6 is 7.26 Å². The second-order valence-corrected chi connectivity index (χ2v) is 11.4. The van der Waals surface area contributed by atoms with Gasteiger partial charge in [0, 0.05) is 0 Å². The van der Waals surface area contributed by atoms with E-state index in [4.69, 9.17) is 0 Å². The molecule has 0 radical (unpaired) electrons. The maximum Gasteiger partial charge on any atom is 0.673 e. The molecule has 3 aromatic carbocycles. The molecule has 3 rings (SSSR count). The van der Waals surface area contributed by atoms with Crippen molar-refractivity contribution in [3.8, 4) is 0 Å². The van der Waals surface area contributed by atoms with E-state index < -0.39 is 14.5 Å². The van der Waals surface area contributed by atoms with Crippen molar-refractivity contribution in [2.24, 2.45) is 0 Å². The molecule has 0 spiro atoms. The van der Waals surface area contributed by atoms with E-state index in [-0.39, 0.29) is 0 Å². The summed E-state index contributed by atoms with van der Waals surface area (Å²) in [5.74, 6) is 0. The van der Waals surface area contributed by atoms with Gasteiger partial charge in [-0.25, -0.2) is 0 Å². The van der Waals surface area contributed by atoms with E-state index in [1.165, 1.54) is 60.6 Å². The van der Waals surface area contributed by atoms with Gasteiger partial charge in [-0.05, 0) is 49.2 Å². The molecule has 0 aromatic heterocycles. The Morgan fingerprint density at radius 2 is 0.844 bits per heavy atom. The van der Waals surface area contributed by atoms with Crippen LogP contribution < -0.4 is 15.9 Å². The van der Waals surface area contributed by atoms with E-state index in [9.17, 15) is 17.3 Å². The van der Waals surface area contributed by atoms with Gasteiger partial charge in [-0.2, -0.15) is 0 Å². The summed E-state index contributed by atoms with van der Waals surface area (Å²) in [4.78, 5) is 0. The smallest absolute Gasteiger partial charge is 0.418 e. The minimum atomic E-state index is -6.00. The monoisotopic (exact) mass is 462 g/mol.